The molecule has 1 fully saturated rings. The summed E-state index contributed by atoms with van der Waals surface area (Å²) in [6.45, 7) is 4.55. The van der Waals surface area contributed by atoms with Gasteiger partial charge in [0.25, 0.3) is 5.91 Å². The van der Waals surface area contributed by atoms with E-state index in [1.165, 1.54) is 0 Å². The van der Waals surface area contributed by atoms with Crippen LogP contribution in [0.4, 0.5) is 0 Å². The van der Waals surface area contributed by atoms with Crippen molar-refractivity contribution in [2.24, 2.45) is 0 Å². The molecule has 1 aliphatic rings. The average Bonchev–Trinajstić information content (AvgIpc) is 2.54. The van der Waals surface area contributed by atoms with Crippen LogP contribution in [0.2, 0.25) is 0 Å². The van der Waals surface area contributed by atoms with Crippen LogP contribution in [-0.4, -0.2) is 37.1 Å². The fourth-order valence-corrected chi connectivity index (χ4v) is 2.13. The number of carbonyl (C=O) groups is 1. The van der Waals surface area contributed by atoms with Gasteiger partial charge < -0.3 is 15.0 Å². The second-order valence-corrected chi connectivity index (χ2v) is 4.91. The third kappa shape index (κ3) is 4.33. The van der Waals surface area contributed by atoms with Crippen molar-refractivity contribution in [1.29, 1.82) is 5.26 Å². The molecule has 0 saturated carbocycles. The zero-order valence-electron chi connectivity index (χ0n) is 12.1. The smallest absolute Gasteiger partial charge is 0.263 e. The van der Waals surface area contributed by atoms with Gasteiger partial charge in [-0.25, -0.2) is 0 Å². The fourth-order valence-electron chi connectivity index (χ4n) is 2.13. The molecule has 1 aromatic rings. The molecule has 0 radical (unpaired) electrons. The van der Waals surface area contributed by atoms with E-state index in [4.69, 9.17) is 4.74 Å². The third-order valence-corrected chi connectivity index (χ3v) is 3.37. The van der Waals surface area contributed by atoms with E-state index in [2.05, 4.69) is 5.32 Å². The maximum atomic E-state index is 12.2. The van der Waals surface area contributed by atoms with Crippen molar-refractivity contribution in [3.63, 3.8) is 0 Å². The second kappa shape index (κ2) is 7.46. The first-order chi connectivity index (χ1) is 10.2. The van der Waals surface area contributed by atoms with Gasteiger partial charge in [0.1, 0.15) is 11.6 Å². The number of rotatable bonds is 4. The monoisotopic (exact) mass is 285 g/mol. The van der Waals surface area contributed by atoms with Gasteiger partial charge in [-0.05, 0) is 12.5 Å². The van der Waals surface area contributed by atoms with Crippen LogP contribution in [0.25, 0.3) is 0 Å². The van der Waals surface area contributed by atoms with Crippen molar-refractivity contribution < 1.29 is 9.53 Å². The van der Waals surface area contributed by atoms with Gasteiger partial charge in [0.15, 0.2) is 0 Å². The van der Waals surface area contributed by atoms with E-state index in [-0.39, 0.29) is 17.5 Å². The molecule has 110 valence electrons. The number of morpholine rings is 1. The Bertz CT molecular complexity index is 542. The van der Waals surface area contributed by atoms with Crippen molar-refractivity contribution in [3.05, 3.63) is 47.7 Å². The Morgan fingerprint density at radius 3 is 2.67 bits per heavy atom. The lowest BCUT2D eigenvalue weighted by atomic mass is 10.1. The highest BCUT2D eigenvalue weighted by Gasteiger charge is 2.16. The minimum atomic E-state index is -0.347. The molecule has 1 aromatic carbocycles. The van der Waals surface area contributed by atoms with E-state index in [0.29, 0.717) is 26.3 Å². The summed E-state index contributed by atoms with van der Waals surface area (Å²) in [6, 6.07) is 11.5. The SMILES string of the molecule is CC(NC(=O)/C(C#N)=C\N1CCOCC1)c1ccccc1. The van der Waals surface area contributed by atoms with E-state index in [9.17, 15) is 10.1 Å². The van der Waals surface area contributed by atoms with Gasteiger partial charge in [-0.1, -0.05) is 30.3 Å². The van der Waals surface area contributed by atoms with Crippen LogP contribution in [0.1, 0.15) is 18.5 Å². The molecule has 5 heteroatoms. The highest BCUT2D eigenvalue weighted by atomic mass is 16.5. The van der Waals surface area contributed by atoms with Gasteiger partial charge in [0, 0.05) is 19.3 Å². The van der Waals surface area contributed by atoms with Crippen molar-refractivity contribution in [3.8, 4) is 6.07 Å². The highest BCUT2D eigenvalue weighted by Crippen LogP contribution is 2.12. The van der Waals surface area contributed by atoms with E-state index < -0.39 is 0 Å². The number of hydrogen-bond acceptors (Lipinski definition) is 4. The predicted molar refractivity (Wildman–Crippen MR) is 79.1 cm³/mol. The highest BCUT2D eigenvalue weighted by molar-refractivity contribution is 5.97. The summed E-state index contributed by atoms with van der Waals surface area (Å²) in [7, 11) is 0. The summed E-state index contributed by atoms with van der Waals surface area (Å²) >= 11 is 0. The third-order valence-electron chi connectivity index (χ3n) is 3.37. The molecule has 1 N–H and O–H groups in total. The van der Waals surface area contributed by atoms with E-state index >= 15 is 0 Å². The molecule has 1 aliphatic heterocycles. The summed E-state index contributed by atoms with van der Waals surface area (Å²) in [5.74, 6) is -0.347. The molecular formula is C16H19N3O2. The fraction of sp³-hybridized carbons (Fsp3) is 0.375. The van der Waals surface area contributed by atoms with Crippen LogP contribution < -0.4 is 5.32 Å². The summed E-state index contributed by atoms with van der Waals surface area (Å²) in [5.41, 5.74) is 1.13. The zero-order chi connectivity index (χ0) is 15.1. The van der Waals surface area contributed by atoms with Crippen molar-refractivity contribution in [2.45, 2.75) is 13.0 Å². The molecule has 0 aromatic heterocycles. The molecule has 1 saturated heterocycles. The van der Waals surface area contributed by atoms with Gasteiger partial charge in [0.2, 0.25) is 0 Å². The lowest BCUT2D eigenvalue weighted by Crippen LogP contribution is -2.34. The predicted octanol–water partition coefficient (Wildman–Crippen LogP) is 1.60. The number of nitriles is 1. The molecular weight excluding hydrogens is 266 g/mol. The van der Waals surface area contributed by atoms with E-state index in [1.54, 1.807) is 6.20 Å². The largest absolute Gasteiger partial charge is 0.378 e. The first kappa shape index (κ1) is 15.1. The normalized spacial score (nSPS) is 17.0. The molecule has 1 atom stereocenters. The summed E-state index contributed by atoms with van der Waals surface area (Å²) in [5, 5.41) is 12.0. The molecule has 1 amide bonds. The minimum Gasteiger partial charge on any atom is -0.378 e. The Kier molecular flexibility index (Phi) is 5.35. The van der Waals surface area contributed by atoms with Gasteiger partial charge in [0.05, 0.1) is 19.3 Å². The Balaban J connectivity index is 2.00. The molecule has 5 nitrogen and oxygen atoms in total. The number of ether oxygens (including phenoxy) is 1. The zero-order valence-corrected chi connectivity index (χ0v) is 12.1. The number of carbonyl (C=O) groups excluding carboxylic acids is 1. The molecule has 21 heavy (non-hydrogen) atoms. The molecule has 1 heterocycles. The minimum absolute atomic E-state index is 0.125. The number of nitrogens with zero attached hydrogens (tertiary/aromatic N) is 2. The van der Waals surface area contributed by atoms with Gasteiger partial charge >= 0.3 is 0 Å². The number of hydrogen-bond donors (Lipinski definition) is 1. The average molecular weight is 285 g/mol. The van der Waals surface area contributed by atoms with Crippen molar-refractivity contribution >= 4 is 5.91 Å². The van der Waals surface area contributed by atoms with Crippen LogP contribution in [-0.2, 0) is 9.53 Å². The Morgan fingerprint density at radius 2 is 2.05 bits per heavy atom. The topological polar surface area (TPSA) is 65.4 Å². The first-order valence-corrected chi connectivity index (χ1v) is 7.00. The maximum Gasteiger partial charge on any atom is 0.263 e. The van der Waals surface area contributed by atoms with Gasteiger partial charge in [-0.3, -0.25) is 4.79 Å². The second-order valence-electron chi connectivity index (χ2n) is 4.91. The van der Waals surface area contributed by atoms with Crippen LogP contribution >= 0.6 is 0 Å². The Labute approximate surface area is 124 Å². The summed E-state index contributed by atoms with van der Waals surface area (Å²) in [6.07, 6.45) is 1.62. The van der Waals surface area contributed by atoms with E-state index in [1.807, 2.05) is 48.2 Å². The van der Waals surface area contributed by atoms with Crippen LogP contribution in [0.3, 0.4) is 0 Å². The molecule has 0 aliphatic carbocycles. The molecule has 1 unspecified atom stereocenters. The maximum absolute atomic E-state index is 12.2. The lowest BCUT2D eigenvalue weighted by molar-refractivity contribution is -0.117. The summed E-state index contributed by atoms with van der Waals surface area (Å²) in [4.78, 5) is 14.1. The lowest BCUT2D eigenvalue weighted by Gasteiger charge is -2.25. The molecule has 0 bridgehead atoms. The van der Waals surface area contributed by atoms with E-state index in [0.717, 1.165) is 5.56 Å². The number of nitrogens with one attached hydrogen (secondary N) is 1. The Morgan fingerprint density at radius 1 is 1.38 bits per heavy atom. The van der Waals surface area contributed by atoms with Gasteiger partial charge in [-0.15, -0.1) is 0 Å². The van der Waals surface area contributed by atoms with Crippen LogP contribution in [0, 0.1) is 11.3 Å². The summed E-state index contributed by atoms with van der Waals surface area (Å²) < 4.78 is 5.24. The standard InChI is InChI=1S/C16H19N3O2/c1-13(14-5-3-2-4-6-14)18-16(20)15(11-17)12-19-7-9-21-10-8-19/h2-6,12-13H,7-10H2,1H3,(H,18,20)/b15-12-. The van der Waals surface area contributed by atoms with Crippen LogP contribution in [0.15, 0.2) is 42.1 Å². The molecule has 2 rings (SSSR count). The van der Waals surface area contributed by atoms with Crippen molar-refractivity contribution in [1.82, 2.24) is 10.2 Å². The van der Waals surface area contributed by atoms with Gasteiger partial charge in [-0.2, -0.15) is 5.26 Å². The van der Waals surface area contributed by atoms with Crippen LogP contribution in [0.5, 0.6) is 0 Å². The number of benzene rings is 1. The first-order valence-electron chi connectivity index (χ1n) is 7.00. The Hall–Kier alpha value is -2.32. The quantitative estimate of drug-likeness (QED) is 0.674. The number of amides is 1. The molecule has 0 spiro atoms. The van der Waals surface area contributed by atoms with Crippen molar-refractivity contribution in [2.75, 3.05) is 26.3 Å².